The third-order valence-corrected chi connectivity index (χ3v) is 2.53. The molecule has 0 atom stereocenters. The predicted molar refractivity (Wildman–Crippen MR) is 58.8 cm³/mol. The lowest BCUT2D eigenvalue weighted by molar-refractivity contribution is 1.05. The molecule has 0 fully saturated rings. The molecule has 1 aromatic heterocycles. The molecule has 2 aromatic rings. The second-order valence-corrected chi connectivity index (χ2v) is 4.21. The minimum absolute atomic E-state index is 0.363. The number of halogens is 2. The number of hydrogen-bond donors (Lipinski definition) is 0. The van der Waals surface area contributed by atoms with Gasteiger partial charge in [0, 0.05) is 4.47 Å². The van der Waals surface area contributed by atoms with Crippen molar-refractivity contribution in [1.82, 2.24) is 14.8 Å². The van der Waals surface area contributed by atoms with Crippen molar-refractivity contribution in [1.29, 1.82) is 0 Å². The van der Waals surface area contributed by atoms with E-state index in [2.05, 4.69) is 26.1 Å². The second kappa shape index (κ2) is 3.71. The molecule has 0 saturated heterocycles. The average molecular weight is 273 g/mol. The molecule has 2 rings (SSSR count). The summed E-state index contributed by atoms with van der Waals surface area (Å²) < 4.78 is 2.73. The van der Waals surface area contributed by atoms with Crippen molar-refractivity contribution >= 4 is 27.5 Å². The highest BCUT2D eigenvalue weighted by molar-refractivity contribution is 9.10. The lowest BCUT2D eigenvalue weighted by atomic mass is 10.2. The van der Waals surface area contributed by atoms with E-state index in [0.29, 0.717) is 5.28 Å². The van der Waals surface area contributed by atoms with Crippen molar-refractivity contribution in [3.05, 3.63) is 39.8 Å². The summed E-state index contributed by atoms with van der Waals surface area (Å²) in [6.45, 7) is 2.02. The van der Waals surface area contributed by atoms with Crippen LogP contribution in [0.5, 0.6) is 0 Å². The molecule has 0 aliphatic heterocycles. The van der Waals surface area contributed by atoms with Gasteiger partial charge in [0.25, 0.3) is 0 Å². The molecule has 3 nitrogen and oxygen atoms in total. The lowest BCUT2D eigenvalue weighted by Crippen LogP contribution is -1.93. The van der Waals surface area contributed by atoms with Crippen LogP contribution in [0.2, 0.25) is 5.28 Å². The maximum atomic E-state index is 5.85. The molecule has 0 aliphatic carbocycles. The number of nitrogens with zero attached hydrogens (tertiary/aromatic N) is 3. The van der Waals surface area contributed by atoms with Crippen molar-refractivity contribution in [2.24, 2.45) is 0 Å². The number of hydrogen-bond acceptors (Lipinski definition) is 2. The van der Waals surface area contributed by atoms with Crippen LogP contribution >= 0.6 is 27.5 Å². The molecular weight excluding hydrogens is 265 g/mol. The fourth-order valence-corrected chi connectivity index (χ4v) is 2.03. The van der Waals surface area contributed by atoms with Crippen LogP contribution in [0.1, 0.15) is 5.56 Å². The van der Waals surface area contributed by atoms with Crippen molar-refractivity contribution in [2.45, 2.75) is 6.92 Å². The third kappa shape index (κ3) is 1.81. The summed E-state index contributed by atoms with van der Waals surface area (Å²) in [7, 11) is 0. The summed E-state index contributed by atoms with van der Waals surface area (Å²) >= 11 is 9.28. The van der Waals surface area contributed by atoms with Crippen LogP contribution < -0.4 is 0 Å². The Balaban J connectivity index is 2.57. The van der Waals surface area contributed by atoms with E-state index in [9.17, 15) is 0 Å². The van der Waals surface area contributed by atoms with Crippen LogP contribution in [-0.2, 0) is 0 Å². The Labute approximate surface area is 94.9 Å². The van der Waals surface area contributed by atoms with Crippen molar-refractivity contribution in [3.63, 3.8) is 0 Å². The first-order valence-corrected chi connectivity index (χ1v) is 5.17. The molecule has 0 N–H and O–H groups in total. The fourth-order valence-electron chi connectivity index (χ4n) is 1.25. The van der Waals surface area contributed by atoms with Crippen molar-refractivity contribution in [3.8, 4) is 5.69 Å². The monoisotopic (exact) mass is 271 g/mol. The van der Waals surface area contributed by atoms with Gasteiger partial charge in [0.15, 0.2) is 0 Å². The highest BCUT2D eigenvalue weighted by Crippen LogP contribution is 2.20. The second-order valence-electron chi connectivity index (χ2n) is 2.96. The van der Waals surface area contributed by atoms with E-state index in [-0.39, 0.29) is 0 Å². The van der Waals surface area contributed by atoms with Crippen LogP contribution in [0, 0.1) is 6.92 Å². The summed E-state index contributed by atoms with van der Waals surface area (Å²) in [5.74, 6) is 0. The molecule has 72 valence electrons. The third-order valence-electron chi connectivity index (χ3n) is 1.81. The van der Waals surface area contributed by atoms with Gasteiger partial charge in [-0.2, -0.15) is 0 Å². The summed E-state index contributed by atoms with van der Waals surface area (Å²) in [6.07, 6.45) is 1.59. The van der Waals surface area contributed by atoms with Crippen LogP contribution in [-0.4, -0.2) is 14.8 Å². The van der Waals surface area contributed by atoms with Gasteiger partial charge in [-0.3, -0.25) is 4.57 Å². The zero-order valence-corrected chi connectivity index (χ0v) is 9.75. The van der Waals surface area contributed by atoms with Gasteiger partial charge in [0.1, 0.15) is 6.33 Å². The number of aromatic nitrogens is 3. The molecule has 0 aliphatic rings. The summed E-state index contributed by atoms with van der Waals surface area (Å²) in [6, 6.07) is 6.00. The standard InChI is InChI=1S/C9H7BrClN3/c1-6-2-7(10)4-8(3-6)14-5-12-13-9(14)11/h2-5H,1H3. The number of aryl methyl sites for hydroxylation is 1. The van der Waals surface area contributed by atoms with Gasteiger partial charge in [-0.15, -0.1) is 10.2 Å². The van der Waals surface area contributed by atoms with E-state index in [1.807, 2.05) is 25.1 Å². The van der Waals surface area contributed by atoms with E-state index in [1.165, 1.54) is 0 Å². The summed E-state index contributed by atoms with van der Waals surface area (Å²) in [4.78, 5) is 0. The summed E-state index contributed by atoms with van der Waals surface area (Å²) in [5.41, 5.74) is 2.10. The Bertz CT molecular complexity index is 447. The maximum absolute atomic E-state index is 5.85. The molecule has 1 aromatic carbocycles. The van der Waals surface area contributed by atoms with Gasteiger partial charge < -0.3 is 0 Å². The molecule has 0 amide bonds. The van der Waals surface area contributed by atoms with E-state index < -0.39 is 0 Å². The Morgan fingerprint density at radius 2 is 2.14 bits per heavy atom. The van der Waals surface area contributed by atoms with Gasteiger partial charge in [-0.25, -0.2) is 0 Å². The van der Waals surface area contributed by atoms with Crippen LogP contribution in [0.3, 0.4) is 0 Å². The first kappa shape index (κ1) is 9.68. The van der Waals surface area contributed by atoms with E-state index in [0.717, 1.165) is 15.7 Å². The van der Waals surface area contributed by atoms with Crippen LogP contribution in [0.15, 0.2) is 29.0 Å². The maximum Gasteiger partial charge on any atom is 0.229 e. The smallest absolute Gasteiger partial charge is 0.229 e. The molecular formula is C9H7BrClN3. The zero-order chi connectivity index (χ0) is 10.1. The Kier molecular flexibility index (Phi) is 2.56. The van der Waals surface area contributed by atoms with Crippen LogP contribution in [0.4, 0.5) is 0 Å². The van der Waals surface area contributed by atoms with Gasteiger partial charge in [0.05, 0.1) is 5.69 Å². The molecule has 0 spiro atoms. The van der Waals surface area contributed by atoms with Gasteiger partial charge in [0.2, 0.25) is 5.28 Å². The Morgan fingerprint density at radius 1 is 1.36 bits per heavy atom. The predicted octanol–water partition coefficient (Wildman–Crippen LogP) is 2.99. The highest BCUT2D eigenvalue weighted by atomic mass is 79.9. The first-order valence-electron chi connectivity index (χ1n) is 4.00. The normalized spacial score (nSPS) is 10.5. The minimum atomic E-state index is 0.363. The first-order chi connectivity index (χ1) is 6.66. The Hall–Kier alpha value is -0.870. The minimum Gasteiger partial charge on any atom is -0.272 e. The van der Waals surface area contributed by atoms with Gasteiger partial charge >= 0.3 is 0 Å². The molecule has 0 radical (unpaired) electrons. The quantitative estimate of drug-likeness (QED) is 0.799. The lowest BCUT2D eigenvalue weighted by Gasteiger charge is -2.04. The average Bonchev–Trinajstić information content (AvgIpc) is 2.49. The fraction of sp³-hybridized carbons (Fsp3) is 0.111. The van der Waals surface area contributed by atoms with Crippen LogP contribution in [0.25, 0.3) is 5.69 Å². The topological polar surface area (TPSA) is 30.7 Å². The summed E-state index contributed by atoms with van der Waals surface area (Å²) in [5, 5.41) is 7.80. The highest BCUT2D eigenvalue weighted by Gasteiger charge is 2.04. The zero-order valence-electron chi connectivity index (χ0n) is 7.41. The molecule has 0 unspecified atom stereocenters. The van der Waals surface area contributed by atoms with Gasteiger partial charge in [-0.1, -0.05) is 15.9 Å². The van der Waals surface area contributed by atoms with E-state index in [4.69, 9.17) is 11.6 Å². The number of rotatable bonds is 1. The van der Waals surface area contributed by atoms with E-state index >= 15 is 0 Å². The number of benzene rings is 1. The molecule has 5 heteroatoms. The SMILES string of the molecule is Cc1cc(Br)cc(-n2cnnc2Cl)c1. The molecule has 14 heavy (non-hydrogen) atoms. The van der Waals surface area contributed by atoms with Gasteiger partial charge in [-0.05, 0) is 42.3 Å². The largest absolute Gasteiger partial charge is 0.272 e. The van der Waals surface area contributed by atoms with Crippen molar-refractivity contribution in [2.75, 3.05) is 0 Å². The Morgan fingerprint density at radius 3 is 2.71 bits per heavy atom. The molecule has 1 heterocycles. The molecule has 0 bridgehead atoms. The molecule has 0 saturated carbocycles. The van der Waals surface area contributed by atoms with Crippen molar-refractivity contribution < 1.29 is 0 Å². The van der Waals surface area contributed by atoms with E-state index in [1.54, 1.807) is 10.9 Å².